The van der Waals surface area contributed by atoms with E-state index in [2.05, 4.69) is 40.6 Å². The van der Waals surface area contributed by atoms with E-state index in [9.17, 15) is 9.59 Å². The van der Waals surface area contributed by atoms with Gasteiger partial charge in [-0.3, -0.25) is 9.59 Å². The van der Waals surface area contributed by atoms with Crippen LogP contribution in [0.3, 0.4) is 0 Å². The van der Waals surface area contributed by atoms with E-state index in [1.165, 1.54) is 24.4 Å². The number of fused-ring (bicyclic) bond motifs is 1. The van der Waals surface area contributed by atoms with Crippen molar-refractivity contribution in [1.82, 2.24) is 54.8 Å². The van der Waals surface area contributed by atoms with E-state index in [0.717, 1.165) is 23.4 Å². The SMILES string of the molecule is [2H]C([2H])([2H])Oc1cnc(-n2cnc(C([2H])([2H])[2H])n2)c2[nH]cc(C(=O)C(=O)N3C([2H])([2H])C([2H])([2H])N(c4nnnn4-c4ccccn4)C([2H])([2H])C3([2H])[2H])c12. The summed E-state index contributed by atoms with van der Waals surface area (Å²) >= 11 is 0. The Morgan fingerprint density at radius 1 is 1.16 bits per heavy atom. The van der Waals surface area contributed by atoms with Crippen molar-refractivity contribution in [3.05, 3.63) is 54.5 Å². The van der Waals surface area contributed by atoms with Crippen LogP contribution >= 0.6 is 0 Å². The number of hydrogen-bond acceptors (Lipinski definition) is 11. The third-order valence-electron chi connectivity index (χ3n) is 5.18. The summed E-state index contributed by atoms with van der Waals surface area (Å²) in [5, 5.41) is 14.0. The highest BCUT2D eigenvalue weighted by molar-refractivity contribution is 6.45. The van der Waals surface area contributed by atoms with Gasteiger partial charge in [0.15, 0.2) is 11.6 Å². The average molecular weight is 529 g/mol. The number of tetrazole rings is 1. The zero-order valence-electron chi connectivity index (χ0n) is 32.7. The summed E-state index contributed by atoms with van der Waals surface area (Å²) in [5.41, 5.74) is -1.05. The predicted octanol–water partition coefficient (Wildman–Crippen LogP) is 0.363. The van der Waals surface area contributed by atoms with Crippen LogP contribution in [0.25, 0.3) is 22.5 Å². The Balaban J connectivity index is 1.47. The highest BCUT2D eigenvalue weighted by Gasteiger charge is 2.31. The van der Waals surface area contributed by atoms with Crippen LogP contribution in [0, 0.1) is 6.85 Å². The van der Waals surface area contributed by atoms with Crippen molar-refractivity contribution in [2.24, 2.45) is 0 Å². The lowest BCUT2D eigenvalue weighted by molar-refractivity contribution is -0.126. The molecule has 1 amide bonds. The number of methoxy groups -OCH3 is 1. The van der Waals surface area contributed by atoms with Gasteiger partial charge in [0.2, 0.25) is 0 Å². The predicted molar refractivity (Wildman–Crippen MR) is 132 cm³/mol. The number of ketones is 1. The number of aryl methyl sites for hydroxylation is 1. The Morgan fingerprint density at radius 3 is 2.82 bits per heavy atom. The molecule has 15 heteroatoms. The van der Waals surface area contributed by atoms with Crippen LogP contribution < -0.4 is 9.64 Å². The number of hydrogen-bond donors (Lipinski definition) is 1. The maximum Gasteiger partial charge on any atom is 0.295 e. The van der Waals surface area contributed by atoms with E-state index in [0.29, 0.717) is 4.68 Å². The first kappa shape index (κ1) is 12.4. The molecule has 0 saturated carbocycles. The number of aromatic nitrogens is 10. The van der Waals surface area contributed by atoms with Gasteiger partial charge in [0.1, 0.15) is 17.9 Å². The number of amides is 1. The van der Waals surface area contributed by atoms with Crippen molar-refractivity contribution in [3.8, 4) is 17.4 Å². The number of H-pyrrole nitrogens is 1. The van der Waals surface area contributed by atoms with Gasteiger partial charge in [-0.1, -0.05) is 11.2 Å². The van der Waals surface area contributed by atoms with E-state index in [-0.39, 0.29) is 22.1 Å². The lowest BCUT2D eigenvalue weighted by Gasteiger charge is -2.34. The smallest absolute Gasteiger partial charge is 0.295 e. The van der Waals surface area contributed by atoms with Crippen molar-refractivity contribution in [2.45, 2.75) is 6.85 Å². The molecule has 6 rings (SSSR count). The Kier molecular flexibility index (Phi) is 3.04. The molecule has 0 bridgehead atoms. The molecule has 1 fully saturated rings. The van der Waals surface area contributed by atoms with E-state index in [1.807, 2.05) is 0 Å². The Labute approximate surface area is 234 Å². The van der Waals surface area contributed by atoms with Crippen LogP contribution in [0.5, 0.6) is 5.75 Å². The molecule has 1 N–H and O–H groups in total. The van der Waals surface area contributed by atoms with Gasteiger partial charge in [-0.2, -0.15) is 9.78 Å². The van der Waals surface area contributed by atoms with Gasteiger partial charge in [-0.05, 0) is 29.4 Å². The first-order chi connectivity index (χ1) is 23.9. The molecule has 1 saturated heterocycles. The number of carbonyl (C=O) groups excluding carboxylic acids is 2. The van der Waals surface area contributed by atoms with E-state index < -0.39 is 84.9 Å². The van der Waals surface area contributed by atoms with Gasteiger partial charge in [-0.15, -0.1) is 0 Å². The number of rotatable bonds is 6. The molecule has 0 aliphatic carbocycles. The molecule has 0 aromatic carbocycles. The molecule has 5 aromatic rings. The zero-order chi connectivity index (χ0) is 38.4. The van der Waals surface area contributed by atoms with Crippen LogP contribution in [0.1, 0.15) is 35.4 Å². The Bertz CT molecular complexity index is 2170. The maximum absolute atomic E-state index is 14.0. The summed E-state index contributed by atoms with van der Waals surface area (Å²) in [5.74, 6) is -6.34. The fourth-order valence-electron chi connectivity index (χ4n) is 3.52. The molecule has 38 heavy (non-hydrogen) atoms. The monoisotopic (exact) mass is 528 g/mol. The molecule has 6 heterocycles. The fourth-order valence-corrected chi connectivity index (χ4v) is 3.52. The molecule has 0 spiro atoms. The maximum atomic E-state index is 14.0. The fraction of sp³-hybridized carbons (Fsp3) is 0.261. The normalized spacial score (nSPS) is 25.2. The number of aromatic amines is 1. The molecule has 0 unspecified atom stereocenters. The van der Waals surface area contributed by atoms with E-state index in [4.69, 9.17) is 23.9 Å². The third kappa shape index (κ3) is 3.89. The minimum atomic E-state index is -3.88. The van der Waals surface area contributed by atoms with Crippen molar-refractivity contribution in [2.75, 3.05) is 37.9 Å². The van der Waals surface area contributed by atoms with Crippen LogP contribution in [0.2, 0.25) is 0 Å². The number of nitrogens with one attached hydrogen (secondary N) is 1. The van der Waals surface area contributed by atoms with Gasteiger partial charge >= 0.3 is 0 Å². The zero-order valence-corrected chi connectivity index (χ0v) is 18.7. The van der Waals surface area contributed by atoms with Gasteiger partial charge in [0.05, 0.1) is 44.8 Å². The Hall–Kier alpha value is -5.21. The van der Waals surface area contributed by atoms with Gasteiger partial charge in [0, 0.05) is 42.5 Å². The molecular weight excluding hydrogens is 492 g/mol. The quantitative estimate of drug-likeness (QED) is 0.239. The summed E-state index contributed by atoms with van der Waals surface area (Å²) < 4.78 is 122. The lowest BCUT2D eigenvalue weighted by Crippen LogP contribution is -2.51. The molecule has 1 aliphatic rings. The summed E-state index contributed by atoms with van der Waals surface area (Å²) in [6.07, 6.45) is 3.87. The molecule has 5 aromatic heterocycles. The Morgan fingerprint density at radius 2 is 2.05 bits per heavy atom. The summed E-state index contributed by atoms with van der Waals surface area (Å²) in [6, 6.07) is 4.34. The number of piperazine rings is 1. The summed E-state index contributed by atoms with van der Waals surface area (Å²) in [4.78, 5) is 41.7. The number of Topliss-reactive ketones (excluding diaryl/α,β-unsaturated/α-hetero) is 1. The highest BCUT2D eigenvalue weighted by atomic mass is 16.5. The van der Waals surface area contributed by atoms with Crippen LogP contribution in [-0.4, -0.2) is 99.5 Å². The largest absolute Gasteiger partial charge is 0.494 e. The minimum Gasteiger partial charge on any atom is -0.494 e. The van der Waals surface area contributed by atoms with Gasteiger partial charge < -0.3 is 19.5 Å². The number of nitrogens with zero attached hydrogens (tertiary/aromatic N) is 11. The second-order valence-corrected chi connectivity index (χ2v) is 7.34. The van der Waals surface area contributed by atoms with Crippen LogP contribution in [-0.2, 0) is 4.79 Å². The van der Waals surface area contributed by atoms with Crippen LogP contribution in [0.15, 0.2) is 43.1 Å². The second kappa shape index (κ2) is 9.34. The second-order valence-electron chi connectivity index (χ2n) is 7.34. The van der Waals surface area contributed by atoms with E-state index in [1.54, 1.807) is 0 Å². The number of carbonyl (C=O) groups is 2. The summed E-state index contributed by atoms with van der Waals surface area (Å²) in [7, 11) is -3.17. The first-order valence-electron chi connectivity index (χ1n) is 17.4. The number of anilines is 1. The van der Waals surface area contributed by atoms with Crippen molar-refractivity contribution in [1.29, 1.82) is 0 Å². The first-order valence-corrected chi connectivity index (χ1v) is 10.4. The van der Waals surface area contributed by atoms with Crippen LogP contribution in [0.4, 0.5) is 5.95 Å². The minimum absolute atomic E-state index is 0.0412. The average Bonchev–Trinajstić information content (AvgIpc) is 3.80. The molecule has 15 nitrogen and oxygen atoms in total. The molecule has 192 valence electrons. The van der Waals surface area contributed by atoms with Crippen molar-refractivity contribution < 1.29 is 33.5 Å². The number of pyridine rings is 2. The van der Waals surface area contributed by atoms with Crippen molar-refractivity contribution >= 4 is 28.5 Å². The lowest BCUT2D eigenvalue weighted by atomic mass is 10.1. The molecule has 1 aliphatic heterocycles. The molecule has 0 radical (unpaired) electrons. The molecule has 0 atom stereocenters. The topological polar surface area (TPSA) is 166 Å². The molecular formula is C23H22N12O3. The number of ether oxygens (including phenoxy) is 1. The van der Waals surface area contributed by atoms with Crippen molar-refractivity contribution in [3.63, 3.8) is 0 Å². The third-order valence-corrected chi connectivity index (χ3v) is 5.18. The standard InChI is InChI=1S/C23H22N12O3/c1-14-27-13-34(29-14)21-19-18(16(38-2)12-26-21)15(11-25-19)20(36)22(37)32-7-9-33(10-8-32)23-28-30-31-35(23)17-5-3-4-6-24-17/h3-6,11-13,25H,7-10H2,1-2H3/i1D3,2D3,7D2,8D2,9D2,10D2. The van der Waals surface area contributed by atoms with Gasteiger partial charge in [-0.25, -0.2) is 19.6 Å². The van der Waals surface area contributed by atoms with Gasteiger partial charge in [0.25, 0.3) is 17.6 Å². The summed E-state index contributed by atoms with van der Waals surface area (Å²) in [6.45, 7) is -17.9. The highest BCUT2D eigenvalue weighted by Crippen LogP contribution is 2.32. The van der Waals surface area contributed by atoms with E-state index >= 15 is 0 Å².